The molecule has 1 aliphatic rings. The number of carbonyl (C=O) groups is 2. The fraction of sp³-hybridized carbons (Fsp3) is 0.217. The van der Waals surface area contributed by atoms with Gasteiger partial charge in [0.1, 0.15) is 5.75 Å². The SMILES string of the molecule is CCOC(=O)C1=C(C)NC(=S)N[C@H]1c1ccccc1OCC(=O)NN=Cc1cccc(Cl)c1. The monoisotopic (exact) mass is 486 g/mol. The zero-order chi connectivity index (χ0) is 23.8. The second-order valence-electron chi connectivity index (χ2n) is 6.97. The van der Waals surface area contributed by atoms with Gasteiger partial charge in [0.15, 0.2) is 11.7 Å². The molecule has 8 nitrogen and oxygen atoms in total. The molecule has 3 rings (SSSR count). The largest absolute Gasteiger partial charge is 0.483 e. The van der Waals surface area contributed by atoms with Crippen molar-refractivity contribution in [1.29, 1.82) is 0 Å². The summed E-state index contributed by atoms with van der Waals surface area (Å²) in [6, 6.07) is 13.5. The first kappa shape index (κ1) is 24.2. The predicted octanol–water partition coefficient (Wildman–Crippen LogP) is 3.23. The average molecular weight is 487 g/mol. The number of nitrogens with one attached hydrogen (secondary N) is 3. The van der Waals surface area contributed by atoms with Crippen molar-refractivity contribution in [3.63, 3.8) is 0 Å². The van der Waals surface area contributed by atoms with Crippen LogP contribution in [-0.2, 0) is 14.3 Å². The minimum Gasteiger partial charge on any atom is -0.483 e. The molecule has 0 aromatic heterocycles. The smallest absolute Gasteiger partial charge is 0.338 e. The van der Waals surface area contributed by atoms with Crippen molar-refractivity contribution in [1.82, 2.24) is 16.1 Å². The Morgan fingerprint density at radius 3 is 2.79 bits per heavy atom. The van der Waals surface area contributed by atoms with E-state index in [1.807, 2.05) is 6.07 Å². The summed E-state index contributed by atoms with van der Waals surface area (Å²) in [5.74, 6) is -0.497. The number of hydrogen-bond acceptors (Lipinski definition) is 6. The molecule has 0 saturated heterocycles. The van der Waals surface area contributed by atoms with Crippen molar-refractivity contribution in [3.05, 3.63) is 76.0 Å². The molecule has 3 N–H and O–H groups in total. The second-order valence-corrected chi connectivity index (χ2v) is 7.81. The molecule has 0 radical (unpaired) electrons. The predicted molar refractivity (Wildman–Crippen MR) is 130 cm³/mol. The number of nitrogens with zero attached hydrogens (tertiary/aromatic N) is 1. The summed E-state index contributed by atoms with van der Waals surface area (Å²) in [6.07, 6.45) is 1.48. The van der Waals surface area contributed by atoms with Crippen LogP contribution in [0.2, 0.25) is 5.02 Å². The molecule has 0 aliphatic carbocycles. The maximum absolute atomic E-state index is 12.6. The first-order valence-corrected chi connectivity index (χ1v) is 10.9. The molecule has 0 fully saturated rings. The summed E-state index contributed by atoms with van der Waals surface area (Å²) in [4.78, 5) is 24.8. The van der Waals surface area contributed by atoms with Crippen LogP contribution in [0.3, 0.4) is 0 Å². The lowest BCUT2D eigenvalue weighted by molar-refractivity contribution is -0.139. The van der Waals surface area contributed by atoms with E-state index in [9.17, 15) is 9.59 Å². The zero-order valence-corrected chi connectivity index (χ0v) is 19.6. The summed E-state index contributed by atoms with van der Waals surface area (Å²) in [6.45, 7) is 3.44. The van der Waals surface area contributed by atoms with E-state index >= 15 is 0 Å². The van der Waals surface area contributed by atoms with Crippen LogP contribution < -0.4 is 20.8 Å². The van der Waals surface area contributed by atoms with E-state index in [0.29, 0.717) is 32.7 Å². The van der Waals surface area contributed by atoms with Crippen molar-refractivity contribution < 1.29 is 19.1 Å². The highest BCUT2D eigenvalue weighted by molar-refractivity contribution is 7.80. The Bertz CT molecular complexity index is 1120. The first-order chi connectivity index (χ1) is 15.9. The van der Waals surface area contributed by atoms with Crippen molar-refractivity contribution >= 4 is 47.0 Å². The summed E-state index contributed by atoms with van der Waals surface area (Å²) in [5, 5.41) is 10.9. The molecule has 2 aromatic carbocycles. The van der Waals surface area contributed by atoms with Crippen molar-refractivity contribution in [2.75, 3.05) is 13.2 Å². The molecule has 0 saturated carbocycles. The van der Waals surface area contributed by atoms with Gasteiger partial charge in [0.05, 0.1) is 24.4 Å². The van der Waals surface area contributed by atoms with Gasteiger partial charge < -0.3 is 20.1 Å². The Morgan fingerprint density at radius 2 is 2.03 bits per heavy atom. The van der Waals surface area contributed by atoms with Crippen LogP contribution >= 0.6 is 23.8 Å². The molecule has 1 heterocycles. The number of allylic oxidation sites excluding steroid dienone is 1. The molecule has 2 aromatic rings. The Kier molecular flexibility index (Phi) is 8.39. The number of carbonyl (C=O) groups excluding carboxylic acids is 2. The summed E-state index contributed by atoms with van der Waals surface area (Å²) in [7, 11) is 0. The van der Waals surface area contributed by atoms with E-state index in [0.717, 1.165) is 5.56 Å². The second kappa shape index (κ2) is 11.4. The van der Waals surface area contributed by atoms with Gasteiger partial charge in [-0.05, 0) is 49.8 Å². The van der Waals surface area contributed by atoms with Gasteiger partial charge in [-0.2, -0.15) is 5.10 Å². The van der Waals surface area contributed by atoms with Gasteiger partial charge in [-0.1, -0.05) is 41.9 Å². The molecule has 1 atom stereocenters. The average Bonchev–Trinajstić information content (AvgIpc) is 2.77. The van der Waals surface area contributed by atoms with Crippen LogP contribution in [0.15, 0.2) is 64.9 Å². The molecule has 0 bridgehead atoms. The first-order valence-electron chi connectivity index (χ1n) is 10.1. The van der Waals surface area contributed by atoms with Gasteiger partial charge in [0.25, 0.3) is 5.91 Å². The van der Waals surface area contributed by atoms with Crippen LogP contribution in [0.1, 0.15) is 31.0 Å². The van der Waals surface area contributed by atoms with Gasteiger partial charge in [-0.15, -0.1) is 0 Å². The number of hydrazone groups is 1. The zero-order valence-electron chi connectivity index (χ0n) is 18.1. The third kappa shape index (κ3) is 6.53. The molecule has 1 aliphatic heterocycles. The standard InChI is InChI=1S/C23H23ClN4O4S/c1-3-31-22(30)20-14(2)26-23(33)27-21(20)17-9-4-5-10-18(17)32-13-19(29)28-25-12-15-7-6-8-16(24)11-15/h4-12,21H,3,13H2,1-2H3,(H,28,29)(H2,26,27,33)/t21-/m0/s1. The number of hydrogen-bond donors (Lipinski definition) is 3. The quantitative estimate of drug-likeness (QED) is 0.228. The Hall–Kier alpha value is -3.43. The van der Waals surface area contributed by atoms with Crippen molar-refractivity contribution in [3.8, 4) is 5.75 Å². The minimum absolute atomic E-state index is 0.237. The molecule has 10 heteroatoms. The van der Waals surface area contributed by atoms with E-state index < -0.39 is 17.9 Å². The molecule has 33 heavy (non-hydrogen) atoms. The number of amides is 1. The van der Waals surface area contributed by atoms with E-state index in [1.165, 1.54) is 6.21 Å². The molecular weight excluding hydrogens is 464 g/mol. The lowest BCUT2D eigenvalue weighted by Gasteiger charge is -2.30. The fourth-order valence-corrected chi connectivity index (χ4v) is 3.67. The van der Waals surface area contributed by atoms with E-state index in [2.05, 4.69) is 21.2 Å². The van der Waals surface area contributed by atoms with E-state index in [-0.39, 0.29) is 13.2 Å². The molecule has 172 valence electrons. The molecule has 0 unspecified atom stereocenters. The van der Waals surface area contributed by atoms with E-state index in [1.54, 1.807) is 56.3 Å². The molecule has 1 amide bonds. The van der Waals surface area contributed by atoms with Crippen LogP contribution in [0.5, 0.6) is 5.75 Å². The number of thiocarbonyl (C=S) groups is 1. The van der Waals surface area contributed by atoms with Crippen LogP contribution in [0, 0.1) is 0 Å². The number of benzene rings is 2. The van der Waals surface area contributed by atoms with Gasteiger partial charge >= 0.3 is 5.97 Å². The number of para-hydroxylation sites is 1. The topological polar surface area (TPSA) is 101 Å². The normalized spacial score (nSPS) is 15.6. The number of esters is 1. The van der Waals surface area contributed by atoms with Crippen molar-refractivity contribution in [2.45, 2.75) is 19.9 Å². The fourth-order valence-electron chi connectivity index (χ4n) is 3.20. The van der Waals surface area contributed by atoms with Gasteiger partial charge in [0.2, 0.25) is 0 Å². The number of rotatable bonds is 8. The lowest BCUT2D eigenvalue weighted by atomic mass is 9.95. The maximum Gasteiger partial charge on any atom is 0.338 e. The van der Waals surface area contributed by atoms with E-state index in [4.69, 9.17) is 33.3 Å². The number of ether oxygens (including phenoxy) is 2. The number of halogens is 1. The highest BCUT2D eigenvalue weighted by atomic mass is 35.5. The van der Waals surface area contributed by atoms with Gasteiger partial charge in [-0.3, -0.25) is 4.79 Å². The Labute approximate surface area is 202 Å². The third-order valence-corrected chi connectivity index (χ3v) is 5.06. The summed E-state index contributed by atoms with van der Waals surface area (Å²) < 4.78 is 11.0. The molecule has 0 spiro atoms. The van der Waals surface area contributed by atoms with Gasteiger partial charge in [0, 0.05) is 16.3 Å². The van der Waals surface area contributed by atoms with Crippen LogP contribution in [0.4, 0.5) is 0 Å². The summed E-state index contributed by atoms with van der Waals surface area (Å²) in [5.41, 5.74) is 4.77. The van der Waals surface area contributed by atoms with Crippen molar-refractivity contribution in [2.24, 2.45) is 5.10 Å². The molecular formula is C23H23ClN4O4S. The third-order valence-electron chi connectivity index (χ3n) is 4.60. The Morgan fingerprint density at radius 1 is 1.24 bits per heavy atom. The van der Waals surface area contributed by atoms with Crippen LogP contribution in [-0.4, -0.2) is 36.4 Å². The van der Waals surface area contributed by atoms with Gasteiger partial charge in [-0.25, -0.2) is 10.2 Å². The highest BCUT2D eigenvalue weighted by Crippen LogP contribution is 2.33. The lowest BCUT2D eigenvalue weighted by Crippen LogP contribution is -2.45. The highest BCUT2D eigenvalue weighted by Gasteiger charge is 2.32. The minimum atomic E-state index is -0.599. The Balaban J connectivity index is 1.72. The van der Waals surface area contributed by atoms with Crippen LogP contribution in [0.25, 0.3) is 0 Å². The summed E-state index contributed by atoms with van der Waals surface area (Å²) >= 11 is 11.2. The maximum atomic E-state index is 12.6.